The Morgan fingerprint density at radius 2 is 1.91 bits per heavy atom. The van der Waals surface area contributed by atoms with Gasteiger partial charge in [-0.3, -0.25) is 9.69 Å². The van der Waals surface area contributed by atoms with Gasteiger partial charge >= 0.3 is 0 Å². The van der Waals surface area contributed by atoms with Gasteiger partial charge in [0.25, 0.3) is 5.91 Å². The molecule has 3 aliphatic heterocycles. The molecule has 2 aromatic rings. The molecule has 0 radical (unpaired) electrons. The van der Waals surface area contributed by atoms with Crippen molar-refractivity contribution >= 4 is 17.2 Å². The van der Waals surface area contributed by atoms with Crippen LogP contribution in [0.15, 0.2) is 41.8 Å². The first-order chi connectivity index (χ1) is 11.2. The zero-order valence-corrected chi connectivity index (χ0v) is 14.2. The number of thiophene rings is 1. The van der Waals surface area contributed by atoms with Crippen molar-refractivity contribution in [1.29, 1.82) is 0 Å². The smallest absolute Gasteiger partial charge is 0.261 e. The largest absolute Gasteiger partial charge is 0.347 e. The predicted octanol–water partition coefficient (Wildman–Crippen LogP) is 3.63. The van der Waals surface area contributed by atoms with E-state index in [1.807, 2.05) is 24.3 Å². The standard InChI is InChI=1S/C19H22N2OS/c1-13-18(15-7-9-21(13)10-8-15)20-19(22)17-11-16(12-23-17)14-5-3-2-4-6-14/h2-6,11-13,15,18H,7-10H2,1H3,(H,20,22)/t13-,18-/m0/s1. The lowest BCUT2D eigenvalue weighted by molar-refractivity contribution is 0.0218. The highest BCUT2D eigenvalue weighted by Crippen LogP contribution is 2.33. The Bertz CT molecular complexity index is 686. The number of benzene rings is 1. The molecule has 1 aromatic heterocycles. The molecule has 3 saturated heterocycles. The number of amides is 1. The summed E-state index contributed by atoms with van der Waals surface area (Å²) in [7, 11) is 0. The first kappa shape index (κ1) is 14.9. The molecule has 1 N–H and O–H groups in total. The molecule has 0 spiro atoms. The van der Waals surface area contributed by atoms with Crippen molar-refractivity contribution in [3.8, 4) is 11.1 Å². The molecular formula is C19H22N2OS. The average Bonchev–Trinajstić information content (AvgIpc) is 3.09. The summed E-state index contributed by atoms with van der Waals surface area (Å²) >= 11 is 1.54. The van der Waals surface area contributed by atoms with Crippen LogP contribution >= 0.6 is 11.3 Å². The highest BCUT2D eigenvalue weighted by atomic mass is 32.1. The molecule has 23 heavy (non-hydrogen) atoms. The molecule has 0 saturated carbocycles. The van der Waals surface area contributed by atoms with E-state index in [0.29, 0.717) is 18.0 Å². The highest BCUT2D eigenvalue weighted by molar-refractivity contribution is 7.12. The van der Waals surface area contributed by atoms with Gasteiger partial charge in [-0.25, -0.2) is 0 Å². The van der Waals surface area contributed by atoms with E-state index < -0.39 is 0 Å². The molecule has 4 heterocycles. The number of nitrogens with zero attached hydrogens (tertiary/aromatic N) is 1. The van der Waals surface area contributed by atoms with E-state index in [9.17, 15) is 4.79 Å². The number of fused-ring (bicyclic) bond motifs is 3. The fourth-order valence-electron chi connectivity index (χ4n) is 4.01. The quantitative estimate of drug-likeness (QED) is 0.934. The second-order valence-corrected chi connectivity index (χ2v) is 7.59. The van der Waals surface area contributed by atoms with Crippen LogP contribution in [-0.4, -0.2) is 36.0 Å². The molecule has 0 aliphatic carbocycles. The molecule has 4 heteroatoms. The summed E-state index contributed by atoms with van der Waals surface area (Å²) in [6, 6.07) is 13.0. The van der Waals surface area contributed by atoms with E-state index in [4.69, 9.17) is 0 Å². The molecule has 120 valence electrons. The van der Waals surface area contributed by atoms with E-state index >= 15 is 0 Å². The fraction of sp³-hybridized carbons (Fsp3) is 0.421. The molecule has 0 unspecified atom stereocenters. The number of carbonyl (C=O) groups excluding carboxylic acids is 1. The van der Waals surface area contributed by atoms with Crippen molar-refractivity contribution in [3.63, 3.8) is 0 Å². The summed E-state index contributed by atoms with van der Waals surface area (Å²) in [4.78, 5) is 16.0. The van der Waals surface area contributed by atoms with Crippen LogP contribution in [0.25, 0.3) is 11.1 Å². The van der Waals surface area contributed by atoms with E-state index in [-0.39, 0.29) is 5.91 Å². The minimum absolute atomic E-state index is 0.0859. The van der Waals surface area contributed by atoms with Gasteiger partial charge in [-0.1, -0.05) is 30.3 Å². The average molecular weight is 326 g/mol. The van der Waals surface area contributed by atoms with Crippen LogP contribution in [0.3, 0.4) is 0 Å². The minimum atomic E-state index is 0.0859. The Hall–Kier alpha value is -1.65. The van der Waals surface area contributed by atoms with Crippen LogP contribution in [0.4, 0.5) is 0 Å². The first-order valence-corrected chi connectivity index (χ1v) is 9.29. The summed E-state index contributed by atoms with van der Waals surface area (Å²) in [5.41, 5.74) is 2.29. The Morgan fingerprint density at radius 3 is 2.61 bits per heavy atom. The maximum absolute atomic E-state index is 12.7. The van der Waals surface area contributed by atoms with Crippen LogP contribution in [0.1, 0.15) is 29.4 Å². The van der Waals surface area contributed by atoms with Crippen molar-refractivity contribution in [2.75, 3.05) is 13.1 Å². The first-order valence-electron chi connectivity index (χ1n) is 8.41. The van der Waals surface area contributed by atoms with Crippen molar-refractivity contribution in [2.45, 2.75) is 31.8 Å². The number of hydrogen-bond donors (Lipinski definition) is 1. The Balaban J connectivity index is 1.49. The summed E-state index contributed by atoms with van der Waals surface area (Å²) < 4.78 is 0. The van der Waals surface area contributed by atoms with E-state index in [1.165, 1.54) is 42.8 Å². The lowest BCUT2D eigenvalue weighted by Crippen LogP contribution is -2.62. The van der Waals surface area contributed by atoms with Gasteiger partial charge in [-0.2, -0.15) is 0 Å². The molecule has 2 atom stereocenters. The van der Waals surface area contributed by atoms with Gasteiger partial charge in [0.05, 0.1) is 4.88 Å². The monoisotopic (exact) mass is 326 g/mol. The minimum Gasteiger partial charge on any atom is -0.347 e. The van der Waals surface area contributed by atoms with Gasteiger partial charge in [0, 0.05) is 12.1 Å². The summed E-state index contributed by atoms with van der Waals surface area (Å²) in [6.07, 6.45) is 2.43. The fourth-order valence-corrected chi connectivity index (χ4v) is 4.82. The van der Waals surface area contributed by atoms with Gasteiger partial charge in [0.2, 0.25) is 0 Å². The highest BCUT2D eigenvalue weighted by Gasteiger charge is 2.40. The third-order valence-electron chi connectivity index (χ3n) is 5.41. The molecule has 1 aromatic carbocycles. The van der Waals surface area contributed by atoms with Crippen LogP contribution < -0.4 is 5.32 Å². The van der Waals surface area contributed by atoms with Crippen LogP contribution in [0.5, 0.6) is 0 Å². The topological polar surface area (TPSA) is 32.3 Å². The van der Waals surface area contributed by atoms with Crippen LogP contribution in [-0.2, 0) is 0 Å². The van der Waals surface area contributed by atoms with E-state index in [2.05, 4.69) is 34.7 Å². The third-order valence-corrected chi connectivity index (χ3v) is 6.33. The van der Waals surface area contributed by atoms with Gasteiger partial charge in [0.15, 0.2) is 0 Å². The summed E-state index contributed by atoms with van der Waals surface area (Å²) in [5.74, 6) is 0.732. The zero-order valence-electron chi connectivity index (χ0n) is 13.4. The lowest BCUT2D eigenvalue weighted by Gasteiger charge is -2.49. The molecule has 5 rings (SSSR count). The van der Waals surface area contributed by atoms with Crippen LogP contribution in [0, 0.1) is 5.92 Å². The number of rotatable bonds is 3. The van der Waals surface area contributed by atoms with Crippen molar-refractivity contribution < 1.29 is 4.79 Å². The van der Waals surface area contributed by atoms with Gasteiger partial charge in [-0.05, 0) is 61.3 Å². The SMILES string of the molecule is C[C@H]1[C@H](NC(=O)c2cc(-c3ccccc3)cs2)C2CCN1CC2. The second kappa shape index (κ2) is 6.10. The summed E-state index contributed by atoms with van der Waals surface area (Å²) in [6.45, 7) is 4.63. The number of hydrogen-bond acceptors (Lipinski definition) is 3. The van der Waals surface area contributed by atoms with Crippen LogP contribution in [0.2, 0.25) is 0 Å². The Labute approximate surface area is 141 Å². The Kier molecular flexibility index (Phi) is 3.95. The predicted molar refractivity (Wildman–Crippen MR) is 94.8 cm³/mol. The molecule has 3 aliphatic rings. The zero-order chi connectivity index (χ0) is 15.8. The molecule has 3 nitrogen and oxygen atoms in total. The van der Waals surface area contributed by atoms with Crippen molar-refractivity contribution in [1.82, 2.24) is 10.2 Å². The number of nitrogens with one attached hydrogen (secondary N) is 1. The number of piperidine rings is 3. The number of carbonyl (C=O) groups is 1. The Morgan fingerprint density at radius 1 is 1.17 bits per heavy atom. The second-order valence-electron chi connectivity index (χ2n) is 6.68. The normalized spacial score (nSPS) is 29.4. The summed E-state index contributed by atoms with van der Waals surface area (Å²) in [5, 5.41) is 5.38. The maximum atomic E-state index is 12.7. The van der Waals surface area contributed by atoms with Gasteiger partial charge < -0.3 is 5.32 Å². The maximum Gasteiger partial charge on any atom is 0.261 e. The molecule has 3 fully saturated rings. The molecule has 2 bridgehead atoms. The van der Waals surface area contributed by atoms with Crippen molar-refractivity contribution in [2.24, 2.45) is 5.92 Å². The van der Waals surface area contributed by atoms with Gasteiger partial charge in [-0.15, -0.1) is 11.3 Å². The van der Waals surface area contributed by atoms with Crippen molar-refractivity contribution in [3.05, 3.63) is 46.7 Å². The van der Waals surface area contributed by atoms with E-state index in [1.54, 1.807) is 0 Å². The van der Waals surface area contributed by atoms with Gasteiger partial charge in [0.1, 0.15) is 0 Å². The third kappa shape index (κ3) is 2.81. The van der Waals surface area contributed by atoms with E-state index in [0.717, 1.165) is 10.4 Å². The molecule has 1 amide bonds. The lowest BCUT2D eigenvalue weighted by atomic mass is 9.79. The molecular weight excluding hydrogens is 304 g/mol.